The lowest BCUT2D eigenvalue weighted by Crippen LogP contribution is -2.63. The summed E-state index contributed by atoms with van der Waals surface area (Å²) < 4.78 is 5.28. The lowest BCUT2D eigenvalue weighted by Gasteiger charge is -2.38. The Hall–Kier alpha value is -1.62. The fourth-order valence-electron chi connectivity index (χ4n) is 2.09. The summed E-state index contributed by atoms with van der Waals surface area (Å²) >= 11 is 0. The summed E-state index contributed by atoms with van der Waals surface area (Å²) in [6.07, 6.45) is -4.53. The molecule has 19 heavy (non-hydrogen) atoms. The van der Waals surface area contributed by atoms with Gasteiger partial charge in [-0.2, -0.15) is 0 Å². The third kappa shape index (κ3) is 2.30. The lowest BCUT2D eigenvalue weighted by molar-refractivity contribution is -0.0886. The molecule has 2 rings (SSSR count). The maximum Gasteiger partial charge on any atom is 0.327 e. The van der Waals surface area contributed by atoms with Gasteiger partial charge in [0, 0.05) is 7.05 Å². The molecule has 0 saturated carbocycles. The van der Waals surface area contributed by atoms with Crippen molar-refractivity contribution >= 4 is 12.0 Å². The van der Waals surface area contributed by atoms with Gasteiger partial charge < -0.3 is 30.8 Å². The van der Waals surface area contributed by atoms with Gasteiger partial charge in [-0.25, -0.2) is 4.79 Å². The van der Waals surface area contributed by atoms with E-state index >= 15 is 0 Å². The zero-order chi connectivity index (χ0) is 14.2. The molecule has 2 heterocycles. The Bertz CT molecular complexity index is 391. The fourth-order valence-corrected chi connectivity index (χ4v) is 2.09. The van der Waals surface area contributed by atoms with Crippen molar-refractivity contribution in [2.75, 3.05) is 20.3 Å². The Morgan fingerprint density at radius 3 is 2.74 bits per heavy atom. The summed E-state index contributed by atoms with van der Waals surface area (Å²) in [5, 5.41) is 34.3. The maximum absolute atomic E-state index is 11.9. The predicted octanol–water partition coefficient (Wildman–Crippen LogP) is -3.43. The van der Waals surface area contributed by atoms with E-state index in [1.807, 2.05) is 0 Å². The van der Waals surface area contributed by atoms with E-state index in [4.69, 9.17) is 15.7 Å². The molecule has 2 unspecified atom stereocenters. The third-order valence-corrected chi connectivity index (χ3v) is 3.15. The minimum Gasteiger partial charge on any atom is -0.394 e. The molecule has 0 bridgehead atoms. The highest BCUT2D eigenvalue weighted by Gasteiger charge is 2.48. The smallest absolute Gasteiger partial charge is 0.327 e. The number of rotatable bonds is 2. The number of aliphatic hydroxyl groups is 3. The fraction of sp³-hybridized carbons (Fsp3) is 0.778. The Kier molecular flexibility index (Phi) is 3.75. The van der Waals surface area contributed by atoms with E-state index in [2.05, 4.69) is 10.4 Å². The second kappa shape index (κ2) is 5.17. The van der Waals surface area contributed by atoms with Gasteiger partial charge in [0.25, 0.3) is 0 Å². The van der Waals surface area contributed by atoms with Crippen LogP contribution in [0.2, 0.25) is 0 Å². The number of carbonyl (C=O) groups excluding carboxylic acids is 1. The number of urea groups is 1. The highest BCUT2D eigenvalue weighted by Crippen LogP contribution is 2.25. The maximum atomic E-state index is 11.9. The summed E-state index contributed by atoms with van der Waals surface area (Å²) in [4.78, 5) is 14.6. The topological polar surface area (TPSA) is 144 Å². The van der Waals surface area contributed by atoms with Gasteiger partial charge in [-0.15, -0.1) is 5.10 Å². The molecular weight excluding hydrogens is 258 g/mol. The summed E-state index contributed by atoms with van der Waals surface area (Å²) in [5.41, 5.74) is 0. The van der Waals surface area contributed by atoms with Crippen molar-refractivity contribution in [1.29, 1.82) is 0 Å². The molecule has 2 aliphatic heterocycles. The Morgan fingerprint density at radius 1 is 1.53 bits per heavy atom. The van der Waals surface area contributed by atoms with Crippen LogP contribution in [-0.2, 0) is 4.74 Å². The van der Waals surface area contributed by atoms with Crippen LogP contribution in [0.5, 0.6) is 0 Å². The molecule has 0 aromatic rings. The predicted molar refractivity (Wildman–Crippen MR) is 62.4 cm³/mol. The van der Waals surface area contributed by atoms with Gasteiger partial charge in [0.15, 0.2) is 6.23 Å². The Morgan fingerprint density at radius 2 is 2.21 bits per heavy atom. The molecule has 10 nitrogen and oxygen atoms in total. The second-order valence-electron chi connectivity index (χ2n) is 4.42. The van der Waals surface area contributed by atoms with E-state index in [1.165, 1.54) is 9.80 Å². The molecule has 2 amide bonds. The largest absolute Gasteiger partial charge is 0.394 e. The third-order valence-electron chi connectivity index (χ3n) is 3.15. The van der Waals surface area contributed by atoms with Crippen molar-refractivity contribution in [2.45, 2.75) is 24.5 Å². The number of hydrogen-bond donors (Lipinski definition) is 5. The number of hydrazone groups is 1. The standard InChI is InChI=1S/C9H17N5O5/c1-13-3-14(9(18)11-8(13)12-10)7-6(17)5(16)4(2-15)19-7/h4-7,15-17H,2-3,10H2,1H3,(H,11,12,18)/t4-,5?,6?,7-/m1/s1. The first kappa shape index (κ1) is 13.8. The minimum absolute atomic E-state index is 0.0778. The first-order chi connectivity index (χ1) is 8.99. The molecule has 0 spiro atoms. The van der Waals surface area contributed by atoms with Crippen LogP contribution in [-0.4, -0.2) is 82.0 Å². The van der Waals surface area contributed by atoms with Gasteiger partial charge in [-0.3, -0.25) is 10.2 Å². The molecule has 2 saturated heterocycles. The second-order valence-corrected chi connectivity index (χ2v) is 4.42. The number of nitrogens with one attached hydrogen (secondary N) is 1. The van der Waals surface area contributed by atoms with Crippen molar-refractivity contribution in [3.05, 3.63) is 0 Å². The van der Waals surface area contributed by atoms with Gasteiger partial charge in [0.1, 0.15) is 18.3 Å². The molecule has 0 aromatic heterocycles. The number of nitrogens with two attached hydrogens (primary N) is 1. The van der Waals surface area contributed by atoms with E-state index < -0.39 is 37.2 Å². The van der Waals surface area contributed by atoms with Crippen molar-refractivity contribution < 1.29 is 24.9 Å². The first-order valence-corrected chi connectivity index (χ1v) is 5.68. The highest BCUT2D eigenvalue weighted by atomic mass is 16.6. The number of amides is 2. The van der Waals surface area contributed by atoms with Gasteiger partial charge in [0.05, 0.1) is 13.3 Å². The number of nitrogens with zero attached hydrogens (tertiary/aromatic N) is 3. The van der Waals surface area contributed by atoms with Crippen molar-refractivity contribution in [3.8, 4) is 0 Å². The minimum atomic E-state index is -1.30. The molecule has 108 valence electrons. The molecular formula is C9H17N5O5. The van der Waals surface area contributed by atoms with Crippen LogP contribution in [0.15, 0.2) is 5.10 Å². The number of ether oxygens (including phenoxy) is 1. The van der Waals surface area contributed by atoms with E-state index in [0.29, 0.717) is 0 Å². The van der Waals surface area contributed by atoms with Crippen LogP contribution in [0.25, 0.3) is 0 Å². The van der Waals surface area contributed by atoms with Crippen LogP contribution >= 0.6 is 0 Å². The molecule has 10 heteroatoms. The molecule has 6 N–H and O–H groups in total. The summed E-state index contributed by atoms with van der Waals surface area (Å²) in [6.45, 7) is -0.371. The van der Waals surface area contributed by atoms with Gasteiger partial charge >= 0.3 is 6.03 Å². The van der Waals surface area contributed by atoms with E-state index in [0.717, 1.165) is 0 Å². The average Bonchev–Trinajstić information content (AvgIpc) is 2.68. The van der Waals surface area contributed by atoms with Crippen molar-refractivity contribution in [1.82, 2.24) is 15.1 Å². The number of carbonyl (C=O) groups is 1. The summed E-state index contributed by atoms with van der Waals surface area (Å²) in [7, 11) is 1.64. The van der Waals surface area contributed by atoms with Crippen molar-refractivity contribution in [2.24, 2.45) is 10.9 Å². The van der Waals surface area contributed by atoms with Crippen molar-refractivity contribution in [3.63, 3.8) is 0 Å². The molecule has 0 aromatic carbocycles. The Balaban J connectivity index is 2.12. The SMILES string of the molecule is CN1CN([C@@H]2O[C@H](CO)C(O)C2O)C(=O)NC1=NN. The number of guanidine groups is 1. The van der Waals surface area contributed by atoms with E-state index in [9.17, 15) is 15.0 Å². The van der Waals surface area contributed by atoms with Crippen LogP contribution in [0, 0.1) is 0 Å². The zero-order valence-electron chi connectivity index (χ0n) is 10.3. The highest BCUT2D eigenvalue weighted by molar-refractivity contribution is 5.98. The monoisotopic (exact) mass is 275 g/mol. The van der Waals surface area contributed by atoms with Gasteiger partial charge in [0.2, 0.25) is 5.96 Å². The average molecular weight is 275 g/mol. The first-order valence-electron chi connectivity index (χ1n) is 5.68. The quantitative estimate of drug-likeness (QED) is 0.260. The number of aliphatic hydroxyl groups excluding tert-OH is 3. The zero-order valence-corrected chi connectivity index (χ0v) is 10.3. The molecule has 2 aliphatic rings. The van der Waals surface area contributed by atoms with Crippen LogP contribution < -0.4 is 11.2 Å². The van der Waals surface area contributed by atoms with E-state index in [1.54, 1.807) is 7.05 Å². The van der Waals surface area contributed by atoms with E-state index in [-0.39, 0.29) is 12.6 Å². The van der Waals surface area contributed by atoms with Gasteiger partial charge in [-0.1, -0.05) is 0 Å². The van der Waals surface area contributed by atoms with Gasteiger partial charge in [-0.05, 0) is 0 Å². The summed E-state index contributed by atoms with van der Waals surface area (Å²) in [6, 6.07) is -0.558. The molecule has 2 fully saturated rings. The number of hydrogen-bond acceptors (Lipinski definition) is 7. The summed E-state index contributed by atoms with van der Waals surface area (Å²) in [5.74, 6) is 5.30. The normalized spacial score (nSPS) is 37.9. The molecule has 4 atom stereocenters. The molecule has 0 radical (unpaired) electrons. The molecule has 0 aliphatic carbocycles. The lowest BCUT2D eigenvalue weighted by atomic mass is 10.1. The van der Waals surface area contributed by atoms with Crippen LogP contribution in [0.4, 0.5) is 4.79 Å². The van der Waals surface area contributed by atoms with Crippen LogP contribution in [0.1, 0.15) is 0 Å². The Labute approximate surface area is 109 Å². The van der Waals surface area contributed by atoms with Crippen LogP contribution in [0.3, 0.4) is 0 Å².